The smallest absolute Gasteiger partial charge is 0.236 e. The number of aryl methyl sites for hydroxylation is 2. The molecule has 0 radical (unpaired) electrons. The third kappa shape index (κ3) is 5.57. The molecular weight excluding hydrogens is 360 g/mol. The summed E-state index contributed by atoms with van der Waals surface area (Å²) in [5, 5.41) is 0. The standard InChI is InChI=1S/C21H26N2O3S/c1-17-6-2-3-7-19(17)16-27(25,26)22-20-11-8-18(9-12-20)10-13-21(24)23-14-4-5-15-23/h2-3,6-9,11-12,22H,4-5,10,13-16H2,1H3. The number of anilines is 1. The van der Waals surface area contributed by atoms with Crippen LogP contribution in [0.15, 0.2) is 48.5 Å². The van der Waals surface area contributed by atoms with E-state index in [4.69, 9.17) is 0 Å². The van der Waals surface area contributed by atoms with Gasteiger partial charge in [0.05, 0.1) is 5.75 Å². The van der Waals surface area contributed by atoms with Gasteiger partial charge in [-0.25, -0.2) is 8.42 Å². The fraction of sp³-hybridized carbons (Fsp3) is 0.381. The summed E-state index contributed by atoms with van der Waals surface area (Å²) in [6.45, 7) is 3.66. The van der Waals surface area contributed by atoms with Crippen LogP contribution in [0.2, 0.25) is 0 Å². The fourth-order valence-corrected chi connectivity index (χ4v) is 4.61. The van der Waals surface area contributed by atoms with Gasteiger partial charge in [-0.3, -0.25) is 9.52 Å². The van der Waals surface area contributed by atoms with Gasteiger partial charge in [0.25, 0.3) is 0 Å². The monoisotopic (exact) mass is 386 g/mol. The third-order valence-corrected chi connectivity index (χ3v) is 6.16. The highest BCUT2D eigenvalue weighted by atomic mass is 32.2. The van der Waals surface area contributed by atoms with Crippen molar-refractivity contribution in [3.8, 4) is 0 Å². The average molecular weight is 387 g/mol. The van der Waals surface area contributed by atoms with Crippen LogP contribution in [0.4, 0.5) is 5.69 Å². The van der Waals surface area contributed by atoms with Gasteiger partial charge < -0.3 is 4.90 Å². The molecule has 1 N–H and O–H groups in total. The maximum Gasteiger partial charge on any atom is 0.236 e. The lowest BCUT2D eigenvalue weighted by molar-refractivity contribution is -0.130. The van der Waals surface area contributed by atoms with Crippen molar-refractivity contribution in [1.29, 1.82) is 0 Å². The first-order valence-corrected chi connectivity index (χ1v) is 11.0. The Bertz CT molecular complexity index is 886. The molecule has 0 atom stereocenters. The zero-order valence-electron chi connectivity index (χ0n) is 15.6. The molecule has 5 nitrogen and oxygen atoms in total. The number of sulfonamides is 1. The van der Waals surface area contributed by atoms with Crippen LogP contribution in [-0.4, -0.2) is 32.3 Å². The number of benzene rings is 2. The molecule has 0 saturated carbocycles. The van der Waals surface area contributed by atoms with Crippen LogP contribution in [0, 0.1) is 6.92 Å². The van der Waals surface area contributed by atoms with E-state index >= 15 is 0 Å². The highest BCUT2D eigenvalue weighted by Gasteiger charge is 2.17. The number of amides is 1. The summed E-state index contributed by atoms with van der Waals surface area (Å²) in [5.74, 6) is 0.154. The maximum absolute atomic E-state index is 12.4. The van der Waals surface area contributed by atoms with E-state index in [2.05, 4.69) is 4.72 Å². The van der Waals surface area contributed by atoms with E-state index < -0.39 is 10.0 Å². The summed E-state index contributed by atoms with van der Waals surface area (Å²) in [5.41, 5.74) is 3.32. The van der Waals surface area contributed by atoms with E-state index in [9.17, 15) is 13.2 Å². The van der Waals surface area contributed by atoms with E-state index in [1.165, 1.54) is 0 Å². The molecule has 0 aliphatic carbocycles. The van der Waals surface area contributed by atoms with Crippen molar-refractivity contribution < 1.29 is 13.2 Å². The summed E-state index contributed by atoms with van der Waals surface area (Å²) in [6, 6.07) is 14.7. The van der Waals surface area contributed by atoms with E-state index in [1.54, 1.807) is 12.1 Å². The summed E-state index contributed by atoms with van der Waals surface area (Å²) in [4.78, 5) is 14.0. The zero-order chi connectivity index (χ0) is 19.3. The molecule has 0 spiro atoms. The van der Waals surface area contributed by atoms with Crippen LogP contribution in [0.25, 0.3) is 0 Å². The van der Waals surface area contributed by atoms with Gasteiger partial charge in [0.2, 0.25) is 15.9 Å². The molecule has 2 aromatic rings. The second-order valence-corrected chi connectivity index (χ2v) is 8.79. The van der Waals surface area contributed by atoms with Crippen molar-refractivity contribution in [2.75, 3.05) is 17.8 Å². The molecule has 3 rings (SSSR count). The van der Waals surface area contributed by atoms with Gasteiger partial charge in [-0.15, -0.1) is 0 Å². The Kier molecular flexibility index (Phi) is 6.16. The van der Waals surface area contributed by atoms with Gasteiger partial charge in [0.15, 0.2) is 0 Å². The van der Waals surface area contributed by atoms with Crippen LogP contribution >= 0.6 is 0 Å². The molecule has 0 unspecified atom stereocenters. The Labute approximate surface area is 161 Å². The normalized spacial score (nSPS) is 14.3. The maximum atomic E-state index is 12.4. The van der Waals surface area contributed by atoms with E-state index in [0.29, 0.717) is 18.5 Å². The number of nitrogens with one attached hydrogen (secondary N) is 1. The van der Waals surface area contributed by atoms with Gasteiger partial charge in [-0.05, 0) is 55.0 Å². The lowest BCUT2D eigenvalue weighted by atomic mass is 10.1. The Morgan fingerprint density at radius 1 is 1.04 bits per heavy atom. The summed E-state index contributed by atoms with van der Waals surface area (Å²) in [7, 11) is -3.47. The van der Waals surface area contributed by atoms with Gasteiger partial charge in [-0.1, -0.05) is 36.4 Å². The molecule has 1 saturated heterocycles. The first kappa shape index (κ1) is 19.4. The molecule has 1 aliphatic rings. The molecule has 1 fully saturated rings. The molecule has 27 heavy (non-hydrogen) atoms. The van der Waals surface area contributed by atoms with Crippen molar-refractivity contribution in [3.63, 3.8) is 0 Å². The summed E-state index contributed by atoms with van der Waals surface area (Å²) in [6.07, 6.45) is 3.37. The summed E-state index contributed by atoms with van der Waals surface area (Å²) < 4.78 is 27.4. The lowest BCUT2D eigenvalue weighted by Gasteiger charge is -2.15. The number of carbonyl (C=O) groups is 1. The largest absolute Gasteiger partial charge is 0.343 e. The molecule has 2 aromatic carbocycles. The Morgan fingerprint density at radius 2 is 1.70 bits per heavy atom. The van der Waals surface area contributed by atoms with Crippen molar-refractivity contribution >= 4 is 21.6 Å². The van der Waals surface area contributed by atoms with Gasteiger partial charge in [0.1, 0.15) is 0 Å². The van der Waals surface area contributed by atoms with Crippen molar-refractivity contribution in [2.45, 2.75) is 38.4 Å². The highest BCUT2D eigenvalue weighted by Crippen LogP contribution is 2.17. The summed E-state index contributed by atoms with van der Waals surface area (Å²) >= 11 is 0. The minimum atomic E-state index is -3.47. The van der Waals surface area contributed by atoms with E-state index in [-0.39, 0.29) is 11.7 Å². The molecule has 0 bridgehead atoms. The number of hydrogen-bond donors (Lipinski definition) is 1. The van der Waals surface area contributed by atoms with E-state index in [1.807, 2.05) is 48.2 Å². The lowest BCUT2D eigenvalue weighted by Crippen LogP contribution is -2.27. The zero-order valence-corrected chi connectivity index (χ0v) is 16.5. The average Bonchev–Trinajstić information content (AvgIpc) is 3.17. The van der Waals surface area contributed by atoms with Crippen molar-refractivity contribution in [1.82, 2.24) is 4.90 Å². The Morgan fingerprint density at radius 3 is 2.37 bits per heavy atom. The van der Waals surface area contributed by atoms with Crippen molar-refractivity contribution in [3.05, 3.63) is 65.2 Å². The van der Waals surface area contributed by atoms with Crippen LogP contribution in [0.3, 0.4) is 0 Å². The second kappa shape index (κ2) is 8.57. The van der Waals surface area contributed by atoms with Crippen molar-refractivity contribution in [2.24, 2.45) is 0 Å². The van der Waals surface area contributed by atoms with Crippen LogP contribution in [0.1, 0.15) is 36.0 Å². The fourth-order valence-electron chi connectivity index (χ4n) is 3.31. The first-order chi connectivity index (χ1) is 12.9. The first-order valence-electron chi connectivity index (χ1n) is 9.35. The number of hydrogen-bond acceptors (Lipinski definition) is 3. The van der Waals surface area contributed by atoms with Crippen LogP contribution in [-0.2, 0) is 27.0 Å². The SMILES string of the molecule is Cc1ccccc1CS(=O)(=O)Nc1ccc(CCC(=O)N2CCCC2)cc1. The predicted molar refractivity (Wildman–Crippen MR) is 108 cm³/mol. The second-order valence-electron chi connectivity index (χ2n) is 7.07. The van der Waals surface area contributed by atoms with E-state index in [0.717, 1.165) is 42.6 Å². The predicted octanol–water partition coefficient (Wildman–Crippen LogP) is 3.49. The third-order valence-electron chi connectivity index (χ3n) is 4.92. The number of likely N-dealkylation sites (tertiary alicyclic amines) is 1. The topological polar surface area (TPSA) is 66.5 Å². The number of rotatable bonds is 7. The molecular formula is C21H26N2O3S. The molecule has 1 amide bonds. The molecule has 0 aromatic heterocycles. The van der Waals surface area contributed by atoms with Gasteiger partial charge in [-0.2, -0.15) is 0 Å². The number of nitrogens with zero attached hydrogens (tertiary/aromatic N) is 1. The quantitative estimate of drug-likeness (QED) is 0.792. The Balaban J connectivity index is 1.55. The molecule has 1 heterocycles. The number of carbonyl (C=O) groups excluding carboxylic acids is 1. The molecule has 1 aliphatic heterocycles. The molecule has 6 heteroatoms. The Hall–Kier alpha value is -2.34. The minimum absolute atomic E-state index is 0.0498. The van der Waals surface area contributed by atoms with Crippen LogP contribution in [0.5, 0.6) is 0 Å². The van der Waals surface area contributed by atoms with Crippen LogP contribution < -0.4 is 4.72 Å². The minimum Gasteiger partial charge on any atom is -0.343 e. The molecule has 144 valence electrons. The highest BCUT2D eigenvalue weighted by molar-refractivity contribution is 7.91. The van der Waals surface area contributed by atoms with Gasteiger partial charge in [0, 0.05) is 25.2 Å². The van der Waals surface area contributed by atoms with Gasteiger partial charge >= 0.3 is 0 Å².